The van der Waals surface area contributed by atoms with E-state index in [9.17, 15) is 13.2 Å². The van der Waals surface area contributed by atoms with Gasteiger partial charge in [0, 0.05) is 30.9 Å². The minimum atomic E-state index is -3.72. The lowest BCUT2D eigenvalue weighted by Crippen LogP contribution is -2.27. The highest BCUT2D eigenvalue weighted by atomic mass is 32.2. The predicted molar refractivity (Wildman–Crippen MR) is 117 cm³/mol. The number of para-hydroxylation sites is 1. The van der Waals surface area contributed by atoms with E-state index in [-0.39, 0.29) is 17.3 Å². The van der Waals surface area contributed by atoms with Gasteiger partial charge in [-0.25, -0.2) is 8.42 Å². The second-order valence-corrected chi connectivity index (χ2v) is 9.13. The van der Waals surface area contributed by atoms with Crippen molar-refractivity contribution in [3.8, 4) is 11.5 Å². The number of benzene rings is 3. The summed E-state index contributed by atoms with van der Waals surface area (Å²) < 4.78 is 38.1. The number of amides is 1. The molecule has 0 saturated carbocycles. The number of nitrogens with zero attached hydrogens (tertiary/aromatic N) is 1. The second kappa shape index (κ2) is 8.79. The number of carbonyl (C=O) groups excluding carboxylic acids is 1. The van der Waals surface area contributed by atoms with E-state index in [4.69, 9.17) is 9.47 Å². The molecule has 0 aliphatic carbocycles. The van der Waals surface area contributed by atoms with Gasteiger partial charge in [-0.2, -0.15) is 4.31 Å². The van der Waals surface area contributed by atoms with Gasteiger partial charge in [0.1, 0.15) is 13.2 Å². The standard InChI is InChI=1S/C23H22N2O5S/c1-25(31(27,28)20-11-12-21-22(15-20)30-14-13-29-21)16-17-7-9-18(10-8-17)23(26)24-19-5-3-2-4-6-19/h2-12,15H,13-14,16H2,1H3,(H,24,26). The van der Waals surface area contributed by atoms with Gasteiger partial charge in [-0.3, -0.25) is 4.79 Å². The molecular formula is C23H22N2O5S. The van der Waals surface area contributed by atoms with Crippen molar-refractivity contribution in [1.29, 1.82) is 0 Å². The lowest BCUT2D eigenvalue weighted by Gasteiger charge is -2.21. The largest absolute Gasteiger partial charge is 0.486 e. The molecule has 0 saturated heterocycles. The van der Waals surface area contributed by atoms with E-state index in [1.807, 2.05) is 30.3 Å². The van der Waals surface area contributed by atoms with Crippen LogP contribution in [0.4, 0.5) is 5.69 Å². The number of fused-ring (bicyclic) bond motifs is 1. The van der Waals surface area contributed by atoms with Gasteiger partial charge in [0.25, 0.3) is 5.91 Å². The molecule has 7 nitrogen and oxygen atoms in total. The molecular weight excluding hydrogens is 416 g/mol. The highest BCUT2D eigenvalue weighted by Gasteiger charge is 2.24. The Morgan fingerprint density at radius 3 is 2.32 bits per heavy atom. The van der Waals surface area contributed by atoms with Crippen molar-refractivity contribution < 1.29 is 22.7 Å². The molecule has 1 amide bonds. The van der Waals surface area contributed by atoms with Crippen molar-refractivity contribution in [2.24, 2.45) is 0 Å². The summed E-state index contributed by atoms with van der Waals surface area (Å²) in [7, 11) is -2.20. The first-order valence-electron chi connectivity index (χ1n) is 9.75. The van der Waals surface area contributed by atoms with Crippen LogP contribution in [0, 0.1) is 0 Å². The molecule has 0 radical (unpaired) electrons. The minimum absolute atomic E-state index is 0.137. The zero-order chi connectivity index (χ0) is 21.8. The zero-order valence-corrected chi connectivity index (χ0v) is 17.8. The van der Waals surface area contributed by atoms with Crippen molar-refractivity contribution in [3.63, 3.8) is 0 Å². The lowest BCUT2D eigenvalue weighted by molar-refractivity contribution is 0.102. The van der Waals surface area contributed by atoms with E-state index in [1.54, 1.807) is 30.3 Å². The number of ether oxygens (including phenoxy) is 2. The predicted octanol–water partition coefficient (Wildman–Crippen LogP) is 3.53. The van der Waals surface area contributed by atoms with E-state index in [0.717, 1.165) is 5.56 Å². The van der Waals surface area contributed by atoms with Crippen LogP contribution in [-0.2, 0) is 16.6 Å². The Kier molecular flexibility index (Phi) is 5.92. The van der Waals surface area contributed by atoms with E-state index in [2.05, 4.69) is 5.32 Å². The van der Waals surface area contributed by atoms with E-state index in [1.165, 1.54) is 23.5 Å². The number of rotatable bonds is 6. The molecule has 4 rings (SSSR count). The maximum atomic E-state index is 13.0. The van der Waals surface area contributed by atoms with Crippen LogP contribution < -0.4 is 14.8 Å². The first-order chi connectivity index (χ1) is 14.9. The maximum Gasteiger partial charge on any atom is 0.255 e. The fraction of sp³-hybridized carbons (Fsp3) is 0.174. The molecule has 1 aliphatic rings. The van der Waals surface area contributed by atoms with Crippen LogP contribution in [0.25, 0.3) is 0 Å². The first-order valence-corrected chi connectivity index (χ1v) is 11.2. The third-order valence-corrected chi connectivity index (χ3v) is 6.67. The van der Waals surface area contributed by atoms with Gasteiger partial charge in [0.05, 0.1) is 4.90 Å². The van der Waals surface area contributed by atoms with Crippen LogP contribution in [0.5, 0.6) is 11.5 Å². The van der Waals surface area contributed by atoms with Crippen LogP contribution in [-0.4, -0.2) is 38.9 Å². The number of carbonyl (C=O) groups is 1. The molecule has 31 heavy (non-hydrogen) atoms. The Morgan fingerprint density at radius 1 is 0.935 bits per heavy atom. The molecule has 0 atom stereocenters. The molecule has 0 fully saturated rings. The summed E-state index contributed by atoms with van der Waals surface area (Å²) in [6.45, 7) is 0.992. The van der Waals surface area contributed by atoms with Gasteiger partial charge in [-0.15, -0.1) is 0 Å². The maximum absolute atomic E-state index is 13.0. The zero-order valence-electron chi connectivity index (χ0n) is 16.9. The number of hydrogen-bond acceptors (Lipinski definition) is 5. The van der Waals surface area contributed by atoms with Crippen LogP contribution in [0.15, 0.2) is 77.7 Å². The number of sulfonamides is 1. The van der Waals surface area contributed by atoms with Crippen molar-refractivity contribution in [3.05, 3.63) is 83.9 Å². The van der Waals surface area contributed by atoms with Crippen molar-refractivity contribution in [2.45, 2.75) is 11.4 Å². The van der Waals surface area contributed by atoms with Crippen LogP contribution in [0.2, 0.25) is 0 Å². The topological polar surface area (TPSA) is 84.9 Å². The number of hydrogen-bond donors (Lipinski definition) is 1. The molecule has 3 aromatic rings. The van der Waals surface area contributed by atoms with Gasteiger partial charge in [-0.05, 0) is 42.0 Å². The van der Waals surface area contributed by atoms with Crippen molar-refractivity contribution in [1.82, 2.24) is 4.31 Å². The normalized spacial score (nSPS) is 13.1. The Hall–Kier alpha value is -3.36. The van der Waals surface area contributed by atoms with Crippen molar-refractivity contribution >= 4 is 21.6 Å². The summed E-state index contributed by atoms with van der Waals surface area (Å²) >= 11 is 0. The average Bonchev–Trinajstić information content (AvgIpc) is 2.79. The SMILES string of the molecule is CN(Cc1ccc(C(=O)Nc2ccccc2)cc1)S(=O)(=O)c1ccc2c(c1)OCCO2. The molecule has 1 aliphatic heterocycles. The summed E-state index contributed by atoms with van der Waals surface area (Å²) in [5.41, 5.74) is 1.96. The quantitative estimate of drug-likeness (QED) is 0.636. The Labute approximate surface area is 181 Å². The Balaban J connectivity index is 1.44. The molecule has 160 valence electrons. The number of nitrogens with one attached hydrogen (secondary N) is 1. The Bertz CT molecular complexity index is 1180. The van der Waals surface area contributed by atoms with Gasteiger partial charge in [-0.1, -0.05) is 30.3 Å². The summed E-state index contributed by atoms with van der Waals surface area (Å²) in [5, 5.41) is 2.82. The monoisotopic (exact) mass is 438 g/mol. The molecule has 0 unspecified atom stereocenters. The second-order valence-electron chi connectivity index (χ2n) is 7.08. The molecule has 1 heterocycles. The fourth-order valence-electron chi connectivity index (χ4n) is 3.19. The third-order valence-electron chi connectivity index (χ3n) is 4.87. The summed E-state index contributed by atoms with van der Waals surface area (Å²) in [6, 6.07) is 20.6. The molecule has 0 aromatic heterocycles. The summed E-state index contributed by atoms with van der Waals surface area (Å²) in [4.78, 5) is 12.5. The van der Waals surface area contributed by atoms with Crippen LogP contribution in [0.3, 0.4) is 0 Å². The third kappa shape index (κ3) is 4.70. The first kappa shape index (κ1) is 20.9. The molecule has 0 spiro atoms. The molecule has 8 heteroatoms. The van der Waals surface area contributed by atoms with Crippen molar-refractivity contribution in [2.75, 3.05) is 25.6 Å². The van der Waals surface area contributed by atoms with Gasteiger partial charge < -0.3 is 14.8 Å². The molecule has 0 bridgehead atoms. The molecule has 3 aromatic carbocycles. The van der Waals surface area contributed by atoms with E-state index >= 15 is 0 Å². The number of anilines is 1. The minimum Gasteiger partial charge on any atom is -0.486 e. The lowest BCUT2D eigenvalue weighted by atomic mass is 10.1. The summed E-state index contributed by atoms with van der Waals surface area (Å²) in [6.07, 6.45) is 0. The Morgan fingerprint density at radius 2 is 1.61 bits per heavy atom. The highest BCUT2D eigenvalue weighted by Crippen LogP contribution is 2.33. The highest BCUT2D eigenvalue weighted by molar-refractivity contribution is 7.89. The van der Waals surface area contributed by atoms with Crippen LogP contribution in [0.1, 0.15) is 15.9 Å². The van der Waals surface area contributed by atoms with Gasteiger partial charge in [0.15, 0.2) is 11.5 Å². The average molecular weight is 439 g/mol. The van der Waals surface area contributed by atoms with Gasteiger partial charge in [0.2, 0.25) is 10.0 Å². The van der Waals surface area contributed by atoms with E-state index in [0.29, 0.717) is 36.0 Å². The summed E-state index contributed by atoms with van der Waals surface area (Å²) in [5.74, 6) is 0.738. The van der Waals surface area contributed by atoms with E-state index < -0.39 is 10.0 Å². The van der Waals surface area contributed by atoms with Gasteiger partial charge >= 0.3 is 0 Å². The smallest absolute Gasteiger partial charge is 0.255 e. The fourth-order valence-corrected chi connectivity index (χ4v) is 4.37. The molecule has 1 N–H and O–H groups in total. The van der Waals surface area contributed by atoms with Crippen LogP contribution >= 0.6 is 0 Å².